The molecule has 1 amide bonds. The number of Topliss-reactive ketones (excluding diaryl/α,β-unsaturated/α-hetero) is 1. The van der Waals surface area contributed by atoms with Crippen molar-refractivity contribution in [2.24, 2.45) is 0 Å². The summed E-state index contributed by atoms with van der Waals surface area (Å²) in [5, 5.41) is 2.77. The molecule has 0 radical (unpaired) electrons. The van der Waals surface area contributed by atoms with Gasteiger partial charge in [0.1, 0.15) is 5.82 Å². The van der Waals surface area contributed by atoms with E-state index < -0.39 is 15.3 Å². The Morgan fingerprint density at radius 1 is 1.14 bits per heavy atom. The number of hydrogen-bond acceptors (Lipinski definition) is 7. The Hall–Kier alpha value is -3.92. The highest BCUT2D eigenvalue weighted by Crippen LogP contribution is 2.38. The molecule has 10 heteroatoms. The number of ketones is 1. The minimum absolute atomic E-state index is 0.0682. The van der Waals surface area contributed by atoms with Crippen molar-refractivity contribution in [3.63, 3.8) is 0 Å². The van der Waals surface area contributed by atoms with Gasteiger partial charge in [-0.3, -0.25) is 14.6 Å². The maximum atomic E-state index is 13.6. The average molecular weight is 504 g/mol. The molecular formula is C26H25N5O4S. The maximum absolute atomic E-state index is 13.6. The van der Waals surface area contributed by atoms with Crippen LogP contribution < -0.4 is 5.32 Å². The Balaban J connectivity index is 1.34. The number of amides is 1. The van der Waals surface area contributed by atoms with Gasteiger partial charge in [0.25, 0.3) is 0 Å². The smallest absolute Gasteiger partial charge is 0.229 e. The summed E-state index contributed by atoms with van der Waals surface area (Å²) < 4.78 is 25.1. The number of imidazole rings is 1. The van der Waals surface area contributed by atoms with Crippen LogP contribution in [0.5, 0.6) is 0 Å². The number of benzene rings is 1. The number of pyridine rings is 1. The van der Waals surface area contributed by atoms with Gasteiger partial charge in [-0.1, -0.05) is 12.1 Å². The third-order valence-electron chi connectivity index (χ3n) is 6.58. The Labute approximate surface area is 208 Å². The number of sulfone groups is 1. The maximum Gasteiger partial charge on any atom is 0.229 e. The van der Waals surface area contributed by atoms with Gasteiger partial charge in [-0.05, 0) is 56.5 Å². The molecule has 0 spiro atoms. The largest absolute Gasteiger partial charge is 0.310 e. The van der Waals surface area contributed by atoms with Crippen molar-refractivity contribution in [3.05, 3.63) is 83.2 Å². The summed E-state index contributed by atoms with van der Waals surface area (Å²) in [4.78, 5) is 40.0. The summed E-state index contributed by atoms with van der Waals surface area (Å²) in [5.41, 5.74) is 3.18. The van der Waals surface area contributed by atoms with Crippen molar-refractivity contribution in [2.75, 3.05) is 11.6 Å². The summed E-state index contributed by atoms with van der Waals surface area (Å²) in [5.74, 6) is 0.0143. The highest BCUT2D eigenvalue weighted by Gasteiger charge is 2.43. The van der Waals surface area contributed by atoms with E-state index in [-0.39, 0.29) is 23.0 Å². The zero-order valence-electron chi connectivity index (χ0n) is 20.1. The number of anilines is 1. The van der Waals surface area contributed by atoms with Crippen LogP contribution in [-0.2, 0) is 32.9 Å². The zero-order valence-corrected chi connectivity index (χ0v) is 21.0. The SMILES string of the molecule is Cc1cn2ccnc(C3(C)CCc4nc(NC(=O)Cc5ccc(S(C)(=O)=O)cc5)ccc4C3=O)c2n1. The highest BCUT2D eigenvalue weighted by atomic mass is 32.2. The molecule has 5 rings (SSSR count). The van der Waals surface area contributed by atoms with Gasteiger partial charge in [-0.25, -0.2) is 18.4 Å². The number of nitrogens with one attached hydrogen (secondary N) is 1. The molecule has 1 aromatic carbocycles. The highest BCUT2D eigenvalue weighted by molar-refractivity contribution is 7.90. The Kier molecular flexibility index (Phi) is 5.71. The Morgan fingerprint density at radius 2 is 1.89 bits per heavy atom. The number of aromatic nitrogens is 4. The van der Waals surface area contributed by atoms with E-state index in [0.717, 1.165) is 11.9 Å². The number of carbonyl (C=O) groups is 2. The van der Waals surface area contributed by atoms with E-state index in [4.69, 9.17) is 0 Å². The van der Waals surface area contributed by atoms with Gasteiger partial charge in [0.2, 0.25) is 5.91 Å². The average Bonchev–Trinajstić information content (AvgIpc) is 3.21. The molecule has 1 atom stereocenters. The van der Waals surface area contributed by atoms with Gasteiger partial charge in [0.05, 0.1) is 33.8 Å². The van der Waals surface area contributed by atoms with Crippen molar-refractivity contribution in [1.29, 1.82) is 0 Å². The van der Waals surface area contributed by atoms with Gasteiger partial charge < -0.3 is 9.72 Å². The van der Waals surface area contributed by atoms with E-state index in [1.807, 2.05) is 30.6 Å². The first-order valence-corrected chi connectivity index (χ1v) is 13.4. The van der Waals surface area contributed by atoms with Crippen molar-refractivity contribution < 1.29 is 18.0 Å². The summed E-state index contributed by atoms with van der Waals surface area (Å²) in [6, 6.07) is 9.53. The fourth-order valence-electron chi connectivity index (χ4n) is 4.63. The van der Waals surface area contributed by atoms with E-state index in [2.05, 4.69) is 20.3 Å². The predicted molar refractivity (Wildman–Crippen MR) is 134 cm³/mol. The summed E-state index contributed by atoms with van der Waals surface area (Å²) in [6.07, 6.45) is 7.69. The van der Waals surface area contributed by atoms with E-state index >= 15 is 0 Å². The normalized spacial score (nSPS) is 17.7. The number of rotatable bonds is 5. The fourth-order valence-corrected chi connectivity index (χ4v) is 5.26. The molecule has 0 saturated carbocycles. The van der Waals surface area contributed by atoms with Crippen LogP contribution in [0.2, 0.25) is 0 Å². The number of carbonyl (C=O) groups excluding carboxylic acids is 2. The monoisotopic (exact) mass is 503 g/mol. The number of nitrogens with zero attached hydrogens (tertiary/aromatic N) is 4. The lowest BCUT2D eigenvalue weighted by atomic mass is 9.71. The molecule has 36 heavy (non-hydrogen) atoms. The van der Waals surface area contributed by atoms with Gasteiger partial charge in [-0.2, -0.15) is 0 Å². The van der Waals surface area contributed by atoms with Crippen LogP contribution in [0.25, 0.3) is 5.65 Å². The molecule has 3 aromatic heterocycles. The quantitative estimate of drug-likeness (QED) is 0.444. The van der Waals surface area contributed by atoms with Crippen LogP contribution >= 0.6 is 0 Å². The van der Waals surface area contributed by atoms with Gasteiger partial charge in [0, 0.05) is 30.4 Å². The molecule has 1 aliphatic carbocycles. The molecule has 0 fully saturated rings. The van der Waals surface area contributed by atoms with Crippen molar-refractivity contribution in [1.82, 2.24) is 19.4 Å². The number of fused-ring (bicyclic) bond motifs is 2. The first-order chi connectivity index (χ1) is 17.0. The van der Waals surface area contributed by atoms with E-state index in [0.29, 0.717) is 46.8 Å². The topological polar surface area (TPSA) is 123 Å². The van der Waals surface area contributed by atoms with E-state index in [1.54, 1.807) is 30.5 Å². The van der Waals surface area contributed by atoms with Crippen LogP contribution in [-0.4, -0.2) is 45.7 Å². The molecule has 0 bridgehead atoms. The molecule has 1 unspecified atom stereocenters. The van der Waals surface area contributed by atoms with Crippen LogP contribution in [0.1, 0.15) is 46.3 Å². The van der Waals surface area contributed by atoms with Gasteiger partial charge in [0.15, 0.2) is 21.3 Å². The minimum atomic E-state index is -3.29. The second kappa shape index (κ2) is 8.63. The third kappa shape index (κ3) is 4.28. The van der Waals surface area contributed by atoms with Crippen molar-refractivity contribution in [2.45, 2.75) is 43.4 Å². The second-order valence-corrected chi connectivity index (χ2v) is 11.4. The van der Waals surface area contributed by atoms with Crippen LogP contribution in [0.15, 0.2) is 59.9 Å². The minimum Gasteiger partial charge on any atom is -0.310 e. The molecule has 0 aliphatic heterocycles. The zero-order chi connectivity index (χ0) is 25.7. The fraction of sp³-hybridized carbons (Fsp3) is 0.269. The molecule has 4 aromatic rings. The molecule has 1 N–H and O–H groups in total. The summed E-state index contributed by atoms with van der Waals surface area (Å²) in [6.45, 7) is 3.80. The molecule has 184 valence electrons. The lowest BCUT2D eigenvalue weighted by Crippen LogP contribution is -2.39. The molecular weight excluding hydrogens is 478 g/mol. The Morgan fingerprint density at radius 3 is 2.61 bits per heavy atom. The first-order valence-electron chi connectivity index (χ1n) is 11.5. The standard InChI is InChI=1S/C26H25N5O4S/c1-16-15-31-13-12-27-23(25(31)28-16)26(2)11-10-20-19(24(26)33)8-9-21(29-20)30-22(32)14-17-4-6-18(7-5-17)36(3,34)35/h4-9,12-13,15H,10-11,14H2,1-3H3,(H,29,30,32). The summed E-state index contributed by atoms with van der Waals surface area (Å²) >= 11 is 0. The van der Waals surface area contributed by atoms with E-state index in [1.165, 1.54) is 12.1 Å². The second-order valence-electron chi connectivity index (χ2n) is 9.38. The van der Waals surface area contributed by atoms with Crippen LogP contribution in [0.4, 0.5) is 5.82 Å². The summed E-state index contributed by atoms with van der Waals surface area (Å²) in [7, 11) is -3.29. The number of hydrogen-bond donors (Lipinski definition) is 1. The number of aryl methyl sites for hydroxylation is 2. The van der Waals surface area contributed by atoms with Gasteiger partial charge in [-0.15, -0.1) is 0 Å². The molecule has 1 aliphatic rings. The van der Waals surface area contributed by atoms with Crippen molar-refractivity contribution >= 4 is 33.0 Å². The van der Waals surface area contributed by atoms with Crippen LogP contribution in [0, 0.1) is 6.92 Å². The third-order valence-corrected chi connectivity index (χ3v) is 7.71. The van der Waals surface area contributed by atoms with Crippen molar-refractivity contribution in [3.8, 4) is 0 Å². The van der Waals surface area contributed by atoms with E-state index in [9.17, 15) is 18.0 Å². The predicted octanol–water partition coefficient (Wildman–Crippen LogP) is 3.10. The lowest BCUT2D eigenvalue weighted by molar-refractivity contribution is -0.115. The van der Waals surface area contributed by atoms with Crippen LogP contribution in [0.3, 0.4) is 0 Å². The lowest BCUT2D eigenvalue weighted by Gasteiger charge is -2.32. The molecule has 3 heterocycles. The molecule has 0 saturated heterocycles. The Bertz CT molecular complexity index is 1630. The van der Waals surface area contributed by atoms with Gasteiger partial charge >= 0.3 is 0 Å². The molecule has 9 nitrogen and oxygen atoms in total. The first kappa shape index (κ1) is 23.8.